The predicted octanol–water partition coefficient (Wildman–Crippen LogP) is 0.703. The number of nitrogens with zero attached hydrogens (tertiary/aromatic N) is 5. The molecule has 0 amide bonds. The number of rotatable bonds is 6. The summed E-state index contributed by atoms with van der Waals surface area (Å²) in [6.45, 7) is 2.99. The summed E-state index contributed by atoms with van der Waals surface area (Å²) in [6.07, 6.45) is 4.27. The second kappa shape index (κ2) is 6.24. The molecule has 2 aromatic heterocycles. The molecule has 0 bridgehead atoms. The summed E-state index contributed by atoms with van der Waals surface area (Å²) >= 11 is 0. The van der Waals surface area contributed by atoms with Crippen molar-refractivity contribution in [2.75, 3.05) is 13.7 Å². The molecule has 0 saturated carbocycles. The van der Waals surface area contributed by atoms with E-state index >= 15 is 0 Å². The monoisotopic (exact) mass is 262 g/mol. The van der Waals surface area contributed by atoms with Gasteiger partial charge in [0.05, 0.1) is 30.7 Å². The van der Waals surface area contributed by atoms with Crippen molar-refractivity contribution in [2.24, 2.45) is 7.05 Å². The van der Waals surface area contributed by atoms with Crippen molar-refractivity contribution in [3.05, 3.63) is 30.0 Å². The molecule has 1 atom stereocenters. The standard InChI is InChI=1S/C12H18N6O/c1-4-5-13-12(10-7-16-17-18(10)2)9-6-11(19-3)15-8-14-9/h6-8,12-13H,4-5H2,1-3H3. The van der Waals surface area contributed by atoms with Crippen LogP contribution in [0.15, 0.2) is 18.6 Å². The van der Waals surface area contributed by atoms with Crippen LogP contribution in [0.1, 0.15) is 30.8 Å². The topological polar surface area (TPSA) is 77.8 Å². The molecule has 1 unspecified atom stereocenters. The van der Waals surface area contributed by atoms with E-state index in [-0.39, 0.29) is 6.04 Å². The average molecular weight is 262 g/mol. The van der Waals surface area contributed by atoms with E-state index in [0.29, 0.717) is 5.88 Å². The molecular formula is C12H18N6O. The summed E-state index contributed by atoms with van der Waals surface area (Å²) in [4.78, 5) is 8.34. The Bertz CT molecular complexity index is 526. The van der Waals surface area contributed by atoms with Crippen molar-refractivity contribution in [2.45, 2.75) is 19.4 Å². The van der Waals surface area contributed by atoms with Crippen LogP contribution in [0, 0.1) is 0 Å². The van der Waals surface area contributed by atoms with Gasteiger partial charge in [-0.1, -0.05) is 12.1 Å². The van der Waals surface area contributed by atoms with Gasteiger partial charge in [0.15, 0.2) is 0 Å². The summed E-state index contributed by atoms with van der Waals surface area (Å²) < 4.78 is 6.88. The van der Waals surface area contributed by atoms with Crippen LogP contribution < -0.4 is 10.1 Å². The molecule has 102 valence electrons. The van der Waals surface area contributed by atoms with E-state index in [1.54, 1.807) is 18.0 Å². The highest BCUT2D eigenvalue weighted by molar-refractivity contribution is 5.23. The predicted molar refractivity (Wildman–Crippen MR) is 69.7 cm³/mol. The zero-order valence-corrected chi connectivity index (χ0v) is 11.4. The van der Waals surface area contributed by atoms with Gasteiger partial charge >= 0.3 is 0 Å². The molecule has 0 saturated heterocycles. The molecule has 2 rings (SSSR count). The maximum atomic E-state index is 5.14. The number of nitrogens with one attached hydrogen (secondary N) is 1. The van der Waals surface area contributed by atoms with E-state index in [9.17, 15) is 0 Å². The molecule has 0 radical (unpaired) electrons. The van der Waals surface area contributed by atoms with Crippen LogP contribution in [0.4, 0.5) is 0 Å². The Morgan fingerprint density at radius 3 is 2.89 bits per heavy atom. The summed E-state index contributed by atoms with van der Waals surface area (Å²) in [7, 11) is 3.45. The van der Waals surface area contributed by atoms with Gasteiger partial charge in [0.2, 0.25) is 5.88 Å². The maximum Gasteiger partial charge on any atom is 0.216 e. The number of aromatic nitrogens is 5. The number of hydrogen-bond acceptors (Lipinski definition) is 6. The summed E-state index contributed by atoms with van der Waals surface area (Å²) in [5.74, 6) is 0.545. The van der Waals surface area contributed by atoms with Crippen LogP contribution in [-0.4, -0.2) is 38.6 Å². The first-order chi connectivity index (χ1) is 9.26. The highest BCUT2D eigenvalue weighted by atomic mass is 16.5. The quantitative estimate of drug-likeness (QED) is 0.825. The fourth-order valence-electron chi connectivity index (χ4n) is 1.83. The maximum absolute atomic E-state index is 5.14. The second-order valence-corrected chi connectivity index (χ2v) is 4.15. The molecular weight excluding hydrogens is 244 g/mol. The molecule has 0 aliphatic heterocycles. The van der Waals surface area contributed by atoms with Crippen LogP contribution in [0.3, 0.4) is 0 Å². The first-order valence-electron chi connectivity index (χ1n) is 6.20. The van der Waals surface area contributed by atoms with Crippen LogP contribution in [0.25, 0.3) is 0 Å². The van der Waals surface area contributed by atoms with Crippen molar-refractivity contribution in [1.29, 1.82) is 0 Å². The molecule has 0 aliphatic rings. The molecule has 1 N–H and O–H groups in total. The molecule has 0 fully saturated rings. The third-order valence-electron chi connectivity index (χ3n) is 2.81. The number of aryl methyl sites for hydroxylation is 1. The Labute approximate surface area is 112 Å². The molecule has 2 heterocycles. The Morgan fingerprint density at radius 2 is 2.26 bits per heavy atom. The highest BCUT2D eigenvalue weighted by Gasteiger charge is 2.19. The largest absolute Gasteiger partial charge is 0.481 e. The lowest BCUT2D eigenvalue weighted by Crippen LogP contribution is -2.26. The van der Waals surface area contributed by atoms with Gasteiger partial charge in [-0.2, -0.15) is 0 Å². The van der Waals surface area contributed by atoms with Crippen molar-refractivity contribution in [1.82, 2.24) is 30.3 Å². The van der Waals surface area contributed by atoms with Crippen LogP contribution >= 0.6 is 0 Å². The van der Waals surface area contributed by atoms with Gasteiger partial charge in [-0.05, 0) is 13.0 Å². The molecule has 7 heteroatoms. The van der Waals surface area contributed by atoms with Gasteiger partial charge in [0.1, 0.15) is 6.33 Å². The van der Waals surface area contributed by atoms with Gasteiger partial charge in [-0.25, -0.2) is 9.97 Å². The van der Waals surface area contributed by atoms with Gasteiger partial charge in [-0.15, -0.1) is 5.10 Å². The molecule has 0 aromatic carbocycles. The smallest absolute Gasteiger partial charge is 0.216 e. The normalized spacial score (nSPS) is 12.4. The number of methoxy groups -OCH3 is 1. The lowest BCUT2D eigenvalue weighted by atomic mass is 10.1. The van der Waals surface area contributed by atoms with E-state index in [1.165, 1.54) is 6.33 Å². The Kier molecular flexibility index (Phi) is 4.40. The van der Waals surface area contributed by atoms with Crippen molar-refractivity contribution >= 4 is 0 Å². The van der Waals surface area contributed by atoms with Crippen molar-refractivity contribution < 1.29 is 4.74 Å². The van der Waals surface area contributed by atoms with E-state index in [0.717, 1.165) is 24.4 Å². The summed E-state index contributed by atoms with van der Waals surface area (Å²) in [5.41, 5.74) is 1.79. The molecule has 7 nitrogen and oxygen atoms in total. The molecule has 0 spiro atoms. The van der Waals surface area contributed by atoms with Crippen LogP contribution in [0.5, 0.6) is 5.88 Å². The SMILES string of the molecule is CCCNC(c1cc(OC)ncn1)c1cnnn1C. The lowest BCUT2D eigenvalue weighted by molar-refractivity contribution is 0.394. The number of ether oxygens (including phenoxy) is 1. The Hall–Kier alpha value is -2.02. The zero-order valence-electron chi connectivity index (χ0n) is 11.4. The first-order valence-corrected chi connectivity index (χ1v) is 6.20. The van der Waals surface area contributed by atoms with Crippen LogP contribution in [0.2, 0.25) is 0 Å². The van der Waals surface area contributed by atoms with Crippen LogP contribution in [-0.2, 0) is 7.05 Å². The van der Waals surface area contributed by atoms with E-state index < -0.39 is 0 Å². The third kappa shape index (κ3) is 3.05. The van der Waals surface area contributed by atoms with Crippen molar-refractivity contribution in [3.63, 3.8) is 0 Å². The van der Waals surface area contributed by atoms with E-state index in [2.05, 4.69) is 32.5 Å². The number of hydrogen-bond donors (Lipinski definition) is 1. The van der Waals surface area contributed by atoms with Gasteiger partial charge in [0.25, 0.3) is 0 Å². The van der Waals surface area contributed by atoms with E-state index in [1.807, 2.05) is 13.1 Å². The zero-order chi connectivity index (χ0) is 13.7. The average Bonchev–Trinajstić information content (AvgIpc) is 2.86. The second-order valence-electron chi connectivity index (χ2n) is 4.15. The lowest BCUT2D eigenvalue weighted by Gasteiger charge is -2.17. The van der Waals surface area contributed by atoms with Gasteiger partial charge in [0, 0.05) is 13.1 Å². The van der Waals surface area contributed by atoms with Crippen molar-refractivity contribution in [3.8, 4) is 5.88 Å². The Morgan fingerprint density at radius 1 is 1.42 bits per heavy atom. The van der Waals surface area contributed by atoms with Gasteiger partial charge < -0.3 is 10.1 Å². The Balaban J connectivity index is 2.34. The minimum absolute atomic E-state index is 0.0724. The summed E-state index contributed by atoms with van der Waals surface area (Å²) in [6, 6.07) is 1.75. The fraction of sp³-hybridized carbons (Fsp3) is 0.500. The molecule has 19 heavy (non-hydrogen) atoms. The summed E-state index contributed by atoms with van der Waals surface area (Å²) in [5, 5.41) is 11.3. The third-order valence-corrected chi connectivity index (χ3v) is 2.81. The minimum Gasteiger partial charge on any atom is -0.481 e. The minimum atomic E-state index is -0.0724. The van der Waals surface area contributed by atoms with Gasteiger partial charge in [-0.3, -0.25) is 4.68 Å². The molecule has 0 aliphatic carbocycles. The highest BCUT2D eigenvalue weighted by Crippen LogP contribution is 2.20. The molecule has 2 aromatic rings. The fourth-order valence-corrected chi connectivity index (χ4v) is 1.83. The van der Waals surface area contributed by atoms with E-state index in [4.69, 9.17) is 4.74 Å². The first kappa shape index (κ1) is 13.4.